The molecular formula is C13H14ClN3O3. The zero-order valence-electron chi connectivity index (χ0n) is 11.0. The number of piperidine rings is 1. The monoisotopic (exact) mass is 295 g/mol. The van der Waals surface area contributed by atoms with Crippen molar-refractivity contribution in [1.29, 1.82) is 0 Å². The van der Waals surface area contributed by atoms with Crippen molar-refractivity contribution in [2.75, 3.05) is 13.1 Å². The van der Waals surface area contributed by atoms with Crippen LogP contribution in [0.2, 0.25) is 5.22 Å². The van der Waals surface area contributed by atoms with Gasteiger partial charge in [-0.25, -0.2) is 0 Å². The molecular weight excluding hydrogens is 282 g/mol. The van der Waals surface area contributed by atoms with Crippen molar-refractivity contribution in [1.82, 2.24) is 15.0 Å². The molecule has 0 spiro atoms. The number of hydrogen-bond acceptors (Lipinski definition) is 5. The van der Waals surface area contributed by atoms with E-state index in [1.54, 1.807) is 17.9 Å². The van der Waals surface area contributed by atoms with Crippen molar-refractivity contribution in [2.45, 2.75) is 25.7 Å². The Hall–Kier alpha value is -1.82. The first-order valence-corrected chi connectivity index (χ1v) is 6.85. The summed E-state index contributed by atoms with van der Waals surface area (Å²) >= 11 is 5.86. The van der Waals surface area contributed by atoms with Crippen molar-refractivity contribution in [2.24, 2.45) is 0 Å². The molecule has 3 heterocycles. The smallest absolute Gasteiger partial charge is 0.258 e. The minimum atomic E-state index is -0.117. The highest BCUT2D eigenvalue weighted by molar-refractivity contribution is 6.32. The van der Waals surface area contributed by atoms with Gasteiger partial charge in [0.2, 0.25) is 11.1 Å². The highest BCUT2D eigenvalue weighted by Gasteiger charge is 2.29. The lowest BCUT2D eigenvalue weighted by Crippen LogP contribution is -2.39. The predicted molar refractivity (Wildman–Crippen MR) is 70.6 cm³/mol. The first-order chi connectivity index (χ1) is 9.65. The number of furan rings is 1. The largest absolute Gasteiger partial charge is 0.452 e. The third-order valence-corrected chi connectivity index (χ3v) is 3.76. The summed E-state index contributed by atoms with van der Waals surface area (Å²) in [6, 6.07) is 1.59. The lowest BCUT2D eigenvalue weighted by Gasteiger charge is -2.31. The van der Waals surface area contributed by atoms with Gasteiger partial charge in [-0.05, 0) is 30.5 Å². The van der Waals surface area contributed by atoms with Gasteiger partial charge in [0.15, 0.2) is 5.82 Å². The summed E-state index contributed by atoms with van der Waals surface area (Å²) in [5.74, 6) is 1.20. The molecule has 1 amide bonds. The van der Waals surface area contributed by atoms with Crippen LogP contribution in [0.1, 0.15) is 40.8 Å². The van der Waals surface area contributed by atoms with Gasteiger partial charge in [0.1, 0.15) is 0 Å². The van der Waals surface area contributed by atoms with E-state index in [1.165, 1.54) is 6.26 Å². The maximum Gasteiger partial charge on any atom is 0.258 e. The molecule has 0 bridgehead atoms. The van der Waals surface area contributed by atoms with Crippen molar-refractivity contribution >= 4 is 17.5 Å². The summed E-state index contributed by atoms with van der Waals surface area (Å²) in [5, 5.41) is 4.08. The molecule has 1 aliphatic rings. The number of nitrogens with zero attached hydrogens (tertiary/aromatic N) is 3. The minimum absolute atomic E-state index is 0.107. The number of amides is 1. The van der Waals surface area contributed by atoms with E-state index in [-0.39, 0.29) is 17.0 Å². The van der Waals surface area contributed by atoms with Crippen molar-refractivity contribution < 1.29 is 13.7 Å². The molecule has 6 nitrogen and oxygen atoms in total. The third-order valence-electron chi connectivity index (χ3n) is 3.47. The molecule has 0 radical (unpaired) electrons. The number of aryl methyl sites for hydroxylation is 1. The summed E-state index contributed by atoms with van der Waals surface area (Å²) < 4.78 is 9.97. The van der Waals surface area contributed by atoms with Crippen LogP contribution in [-0.2, 0) is 0 Å². The molecule has 1 unspecified atom stereocenters. The predicted octanol–water partition coefficient (Wildman–Crippen LogP) is 2.64. The number of halogens is 1. The number of likely N-dealkylation sites (tertiary alicyclic amines) is 1. The van der Waals surface area contributed by atoms with E-state index in [1.807, 2.05) is 0 Å². The number of carbonyl (C=O) groups excluding carboxylic acids is 1. The Morgan fingerprint density at radius 1 is 1.55 bits per heavy atom. The van der Waals surface area contributed by atoms with E-state index in [4.69, 9.17) is 20.5 Å². The molecule has 0 N–H and O–H groups in total. The summed E-state index contributed by atoms with van der Waals surface area (Å²) in [5.41, 5.74) is 0.400. The maximum atomic E-state index is 12.4. The van der Waals surface area contributed by atoms with Gasteiger partial charge >= 0.3 is 0 Å². The van der Waals surface area contributed by atoms with Crippen LogP contribution < -0.4 is 0 Å². The quantitative estimate of drug-likeness (QED) is 0.851. The lowest BCUT2D eigenvalue weighted by atomic mass is 9.97. The van der Waals surface area contributed by atoms with E-state index in [9.17, 15) is 4.79 Å². The van der Waals surface area contributed by atoms with Crippen LogP contribution in [0.25, 0.3) is 0 Å². The van der Waals surface area contributed by atoms with Gasteiger partial charge in [0.05, 0.1) is 11.8 Å². The third kappa shape index (κ3) is 2.43. The van der Waals surface area contributed by atoms with Gasteiger partial charge in [0, 0.05) is 25.9 Å². The van der Waals surface area contributed by atoms with Gasteiger partial charge in [-0.1, -0.05) is 5.16 Å². The van der Waals surface area contributed by atoms with Crippen LogP contribution in [0.5, 0.6) is 0 Å². The highest BCUT2D eigenvalue weighted by Crippen LogP contribution is 2.27. The fraction of sp³-hybridized carbons (Fsp3) is 0.462. The number of aromatic nitrogens is 2. The van der Waals surface area contributed by atoms with Gasteiger partial charge in [-0.3, -0.25) is 4.79 Å². The summed E-state index contributed by atoms with van der Waals surface area (Å²) in [6.07, 6.45) is 3.26. The van der Waals surface area contributed by atoms with Crippen molar-refractivity contribution in [3.63, 3.8) is 0 Å². The SMILES string of the molecule is Cc1nc(C2CCCN(C(=O)c3ccoc3Cl)C2)no1. The van der Waals surface area contributed by atoms with E-state index in [2.05, 4.69) is 10.1 Å². The lowest BCUT2D eigenvalue weighted by molar-refractivity contribution is 0.0703. The summed E-state index contributed by atoms with van der Waals surface area (Å²) in [4.78, 5) is 18.4. The highest BCUT2D eigenvalue weighted by atomic mass is 35.5. The Morgan fingerprint density at radius 3 is 3.05 bits per heavy atom. The molecule has 2 aromatic rings. The topological polar surface area (TPSA) is 72.4 Å². The minimum Gasteiger partial charge on any atom is -0.452 e. The van der Waals surface area contributed by atoms with Gasteiger partial charge in [-0.15, -0.1) is 0 Å². The number of rotatable bonds is 2. The number of hydrogen-bond donors (Lipinski definition) is 0. The fourth-order valence-electron chi connectivity index (χ4n) is 2.47. The zero-order chi connectivity index (χ0) is 14.1. The molecule has 1 saturated heterocycles. The first-order valence-electron chi connectivity index (χ1n) is 6.47. The Balaban J connectivity index is 1.75. The molecule has 1 aliphatic heterocycles. The Labute approximate surface area is 120 Å². The molecule has 0 aromatic carbocycles. The van der Waals surface area contributed by atoms with E-state index in [0.29, 0.717) is 30.4 Å². The van der Waals surface area contributed by atoms with E-state index < -0.39 is 0 Å². The average molecular weight is 296 g/mol. The second-order valence-electron chi connectivity index (χ2n) is 4.87. The normalized spacial score (nSPS) is 19.3. The molecule has 0 saturated carbocycles. The summed E-state index contributed by atoms with van der Waals surface area (Å²) in [6.45, 7) is 3.03. The second kappa shape index (κ2) is 5.28. The van der Waals surface area contributed by atoms with E-state index >= 15 is 0 Å². The van der Waals surface area contributed by atoms with Gasteiger partial charge < -0.3 is 13.8 Å². The maximum absolute atomic E-state index is 12.4. The molecule has 0 aliphatic carbocycles. The molecule has 7 heteroatoms. The molecule has 106 valence electrons. The van der Waals surface area contributed by atoms with Crippen LogP contribution in [0.3, 0.4) is 0 Å². The zero-order valence-corrected chi connectivity index (χ0v) is 11.8. The molecule has 1 atom stereocenters. The summed E-state index contributed by atoms with van der Waals surface area (Å²) in [7, 11) is 0. The van der Waals surface area contributed by atoms with E-state index in [0.717, 1.165) is 12.8 Å². The van der Waals surface area contributed by atoms with Crippen LogP contribution in [0, 0.1) is 6.92 Å². The van der Waals surface area contributed by atoms with Gasteiger partial charge in [-0.2, -0.15) is 4.98 Å². The first kappa shape index (κ1) is 13.2. The molecule has 1 fully saturated rings. The molecule has 2 aromatic heterocycles. The molecule has 3 rings (SSSR count). The van der Waals surface area contributed by atoms with Crippen molar-refractivity contribution in [3.05, 3.63) is 34.8 Å². The Kier molecular flexibility index (Phi) is 3.48. The Morgan fingerprint density at radius 2 is 2.40 bits per heavy atom. The number of carbonyl (C=O) groups is 1. The van der Waals surface area contributed by atoms with Crippen molar-refractivity contribution in [3.8, 4) is 0 Å². The average Bonchev–Trinajstić information content (AvgIpc) is 3.07. The van der Waals surface area contributed by atoms with Crippen LogP contribution in [0.15, 0.2) is 21.3 Å². The van der Waals surface area contributed by atoms with Crippen LogP contribution >= 0.6 is 11.6 Å². The molecule has 20 heavy (non-hydrogen) atoms. The van der Waals surface area contributed by atoms with Crippen LogP contribution in [0.4, 0.5) is 0 Å². The second-order valence-corrected chi connectivity index (χ2v) is 5.21. The van der Waals surface area contributed by atoms with Gasteiger partial charge in [0.25, 0.3) is 5.91 Å². The fourth-order valence-corrected chi connectivity index (χ4v) is 2.66. The van der Waals surface area contributed by atoms with Crippen LogP contribution in [-0.4, -0.2) is 34.0 Å². The standard InChI is InChI=1S/C13H14ClN3O3/c1-8-15-12(16-20-8)9-3-2-5-17(7-9)13(18)10-4-6-19-11(10)14/h4,6,9H,2-3,5,7H2,1H3. The Bertz CT molecular complexity index is 622.